The number of nitrogens with zero attached hydrogens (tertiary/aromatic N) is 1. The first-order chi connectivity index (χ1) is 5.22. The van der Waals surface area contributed by atoms with Crippen LogP contribution in [0.4, 0.5) is 0 Å². The molecule has 0 amide bonds. The van der Waals surface area contributed by atoms with Gasteiger partial charge >= 0.3 is 0 Å². The molecule has 0 aliphatic heterocycles. The minimum Gasteiger partial charge on any atom is -0.293 e. The van der Waals surface area contributed by atoms with Gasteiger partial charge in [0.05, 0.1) is 0 Å². The second kappa shape index (κ2) is 3.33. The molecule has 1 heterocycles. The van der Waals surface area contributed by atoms with E-state index in [9.17, 15) is 4.79 Å². The topological polar surface area (TPSA) is 30.0 Å². The minimum absolute atomic E-state index is 0.0323. The average Bonchev–Trinajstić information content (AvgIpc) is 2.05. The molecule has 0 aliphatic rings. The predicted octanol–water partition coefficient (Wildman–Crippen LogP) is 0.706. The average molecular weight is 147 g/mol. The molecule has 0 radical (unpaired) electrons. The molecule has 0 saturated heterocycles. The van der Waals surface area contributed by atoms with E-state index < -0.39 is 0 Å². The summed E-state index contributed by atoms with van der Waals surface area (Å²) in [5, 5.41) is 0. The van der Waals surface area contributed by atoms with Gasteiger partial charge in [-0.3, -0.25) is 9.78 Å². The molecule has 0 aromatic carbocycles. The lowest BCUT2D eigenvalue weighted by Crippen LogP contribution is -2.06. The highest BCUT2D eigenvalue weighted by Crippen LogP contribution is 2.06. The van der Waals surface area contributed by atoms with Crippen molar-refractivity contribution in [1.29, 1.82) is 0 Å². The Bertz CT molecular complexity index is 246. The minimum atomic E-state index is 0.0323. The van der Waals surface area contributed by atoms with Gasteiger partial charge in [-0.05, 0) is 17.9 Å². The first-order valence-electron chi connectivity index (χ1n) is 3.67. The van der Waals surface area contributed by atoms with Crippen LogP contribution in [0.15, 0.2) is 24.4 Å². The molecule has 0 N–H and O–H groups in total. The maximum Gasteiger partial charge on any atom is 0.176 e. The van der Waals surface area contributed by atoms with E-state index >= 15 is 0 Å². The van der Waals surface area contributed by atoms with E-state index in [1.54, 1.807) is 18.3 Å². The van der Waals surface area contributed by atoms with Gasteiger partial charge in [-0.15, -0.1) is 0 Å². The quantitative estimate of drug-likeness (QED) is 0.455. The molecule has 0 bridgehead atoms. The number of ketones is 1. The molecule has 0 saturated carbocycles. The molecule has 1 unspecified atom stereocenters. The van der Waals surface area contributed by atoms with Gasteiger partial charge < -0.3 is 0 Å². The Morgan fingerprint density at radius 3 is 2.82 bits per heavy atom. The molecule has 0 aliphatic carbocycles. The standard InChI is InChI=1S/C8H10BNO/c1-6(9)8(11)7-4-2-3-5-10-7/h2-6H,9H2,1H3. The summed E-state index contributed by atoms with van der Waals surface area (Å²) in [7, 11) is 1.87. The predicted molar refractivity (Wildman–Crippen MR) is 46.5 cm³/mol. The van der Waals surface area contributed by atoms with Crippen molar-refractivity contribution >= 4 is 13.6 Å². The van der Waals surface area contributed by atoms with E-state index in [4.69, 9.17) is 0 Å². The monoisotopic (exact) mass is 147 g/mol. The summed E-state index contributed by atoms with van der Waals surface area (Å²) in [5.74, 6) is 0.135. The summed E-state index contributed by atoms with van der Waals surface area (Å²) < 4.78 is 0. The van der Waals surface area contributed by atoms with Crippen molar-refractivity contribution in [3.05, 3.63) is 30.1 Å². The van der Waals surface area contributed by atoms with E-state index in [2.05, 4.69) is 4.98 Å². The fraction of sp³-hybridized carbons (Fsp3) is 0.250. The van der Waals surface area contributed by atoms with E-state index in [1.165, 1.54) is 0 Å². The zero-order valence-corrected chi connectivity index (χ0v) is 6.74. The highest BCUT2D eigenvalue weighted by Gasteiger charge is 2.09. The van der Waals surface area contributed by atoms with Crippen molar-refractivity contribution in [2.75, 3.05) is 0 Å². The Morgan fingerprint density at radius 2 is 2.36 bits per heavy atom. The van der Waals surface area contributed by atoms with E-state index in [0.29, 0.717) is 5.69 Å². The van der Waals surface area contributed by atoms with Crippen LogP contribution in [0.25, 0.3) is 0 Å². The number of carbonyl (C=O) groups is 1. The molecular weight excluding hydrogens is 137 g/mol. The Labute approximate surface area is 67.1 Å². The van der Waals surface area contributed by atoms with Crippen molar-refractivity contribution in [3.8, 4) is 0 Å². The number of pyridine rings is 1. The lowest BCUT2D eigenvalue weighted by molar-refractivity contribution is 0.0984. The van der Waals surface area contributed by atoms with Gasteiger partial charge in [0.25, 0.3) is 0 Å². The number of hydrogen-bond donors (Lipinski definition) is 0. The lowest BCUT2D eigenvalue weighted by atomic mass is 9.84. The largest absolute Gasteiger partial charge is 0.293 e. The van der Waals surface area contributed by atoms with Crippen molar-refractivity contribution in [1.82, 2.24) is 4.98 Å². The third kappa shape index (κ3) is 1.90. The molecule has 0 fully saturated rings. The van der Waals surface area contributed by atoms with Gasteiger partial charge in [0.15, 0.2) is 5.78 Å². The zero-order chi connectivity index (χ0) is 8.27. The number of aromatic nitrogens is 1. The van der Waals surface area contributed by atoms with Gasteiger partial charge in [0.1, 0.15) is 13.5 Å². The SMILES string of the molecule is BC(C)C(=O)c1ccccn1. The van der Waals surface area contributed by atoms with Crippen LogP contribution < -0.4 is 0 Å². The second-order valence-electron chi connectivity index (χ2n) is 2.73. The van der Waals surface area contributed by atoms with E-state index in [-0.39, 0.29) is 11.6 Å². The van der Waals surface area contributed by atoms with E-state index in [1.807, 2.05) is 20.8 Å². The molecular formula is C8H10BNO. The normalized spacial score (nSPS) is 12.5. The fourth-order valence-corrected chi connectivity index (χ4v) is 0.804. The highest BCUT2D eigenvalue weighted by atomic mass is 16.1. The third-order valence-electron chi connectivity index (χ3n) is 1.44. The van der Waals surface area contributed by atoms with Crippen molar-refractivity contribution < 1.29 is 4.79 Å². The van der Waals surface area contributed by atoms with Crippen LogP contribution >= 0.6 is 0 Å². The molecule has 3 heteroatoms. The van der Waals surface area contributed by atoms with Crippen molar-refractivity contribution in [2.24, 2.45) is 0 Å². The Hall–Kier alpha value is -1.12. The van der Waals surface area contributed by atoms with Gasteiger partial charge in [-0.2, -0.15) is 0 Å². The molecule has 56 valence electrons. The molecule has 1 aromatic rings. The first kappa shape index (κ1) is 7.99. The number of rotatable bonds is 2. The van der Waals surface area contributed by atoms with Crippen LogP contribution in [-0.4, -0.2) is 18.6 Å². The Morgan fingerprint density at radius 1 is 1.64 bits per heavy atom. The number of Topliss-reactive ketones (excluding diaryl/α,β-unsaturated/α-hetero) is 1. The molecule has 2 nitrogen and oxygen atoms in total. The first-order valence-corrected chi connectivity index (χ1v) is 3.67. The molecule has 1 atom stereocenters. The van der Waals surface area contributed by atoms with Crippen LogP contribution in [0.5, 0.6) is 0 Å². The second-order valence-corrected chi connectivity index (χ2v) is 2.73. The third-order valence-corrected chi connectivity index (χ3v) is 1.44. The van der Waals surface area contributed by atoms with Crippen molar-refractivity contribution in [2.45, 2.75) is 12.7 Å². The summed E-state index contributed by atoms with van der Waals surface area (Å²) >= 11 is 0. The summed E-state index contributed by atoms with van der Waals surface area (Å²) in [6.45, 7) is 1.87. The fourth-order valence-electron chi connectivity index (χ4n) is 0.804. The van der Waals surface area contributed by atoms with E-state index in [0.717, 1.165) is 0 Å². The Balaban J connectivity index is 2.86. The van der Waals surface area contributed by atoms with Crippen LogP contribution in [0.2, 0.25) is 5.82 Å². The van der Waals surface area contributed by atoms with Crippen LogP contribution in [0.1, 0.15) is 17.4 Å². The van der Waals surface area contributed by atoms with Gasteiger partial charge in [-0.25, -0.2) is 0 Å². The smallest absolute Gasteiger partial charge is 0.176 e. The summed E-state index contributed by atoms with van der Waals surface area (Å²) in [5.41, 5.74) is 0.558. The molecule has 1 aromatic heterocycles. The zero-order valence-electron chi connectivity index (χ0n) is 6.74. The summed E-state index contributed by atoms with van der Waals surface area (Å²) in [6, 6.07) is 5.36. The van der Waals surface area contributed by atoms with Gasteiger partial charge in [0, 0.05) is 6.20 Å². The van der Waals surface area contributed by atoms with Crippen molar-refractivity contribution in [3.63, 3.8) is 0 Å². The maximum absolute atomic E-state index is 11.3. The summed E-state index contributed by atoms with van der Waals surface area (Å²) in [6.07, 6.45) is 1.63. The Kier molecular flexibility index (Phi) is 2.42. The number of hydrogen-bond acceptors (Lipinski definition) is 2. The summed E-state index contributed by atoms with van der Waals surface area (Å²) in [4.78, 5) is 15.2. The maximum atomic E-state index is 11.3. The highest BCUT2D eigenvalue weighted by molar-refractivity contribution is 6.27. The molecule has 11 heavy (non-hydrogen) atoms. The van der Waals surface area contributed by atoms with Crippen LogP contribution in [0.3, 0.4) is 0 Å². The van der Waals surface area contributed by atoms with Crippen LogP contribution in [-0.2, 0) is 0 Å². The van der Waals surface area contributed by atoms with Gasteiger partial charge in [-0.1, -0.05) is 13.0 Å². The van der Waals surface area contributed by atoms with Crippen LogP contribution in [0, 0.1) is 0 Å². The lowest BCUT2D eigenvalue weighted by Gasteiger charge is -2.00. The number of carbonyl (C=O) groups excluding carboxylic acids is 1. The molecule has 1 rings (SSSR count). The molecule has 0 spiro atoms. The van der Waals surface area contributed by atoms with Gasteiger partial charge in [0.2, 0.25) is 0 Å².